The Morgan fingerprint density at radius 2 is 0.875 bits per heavy atom. The number of benzene rings is 2. The number of ether oxygens (including phenoxy) is 2. The van der Waals surface area contributed by atoms with Crippen LogP contribution in [0.25, 0.3) is 0 Å². The number of rotatable bonds is 19. The van der Waals surface area contributed by atoms with E-state index in [1.54, 1.807) is 0 Å². The smallest absolute Gasteiger partial charge is 0.119 e. The van der Waals surface area contributed by atoms with Crippen molar-refractivity contribution < 1.29 is 9.47 Å². The molecule has 0 aromatic heterocycles. The summed E-state index contributed by atoms with van der Waals surface area (Å²) in [6.07, 6.45) is 12.6. The van der Waals surface area contributed by atoms with Crippen LogP contribution in [0.1, 0.15) is 78.1 Å². The fourth-order valence-electron chi connectivity index (χ4n) is 3.54. The van der Waals surface area contributed by atoms with Crippen molar-refractivity contribution in [1.29, 1.82) is 0 Å². The van der Waals surface area contributed by atoms with Crippen molar-refractivity contribution in [3.05, 3.63) is 48.5 Å². The number of hydrogen-bond donors (Lipinski definition) is 2. The molecule has 0 bridgehead atoms. The van der Waals surface area contributed by atoms with Crippen LogP contribution in [0.2, 0.25) is 0 Å². The maximum atomic E-state index is 5.83. The highest BCUT2D eigenvalue weighted by atomic mass is 16.5. The predicted molar refractivity (Wildman–Crippen MR) is 138 cm³/mol. The first-order valence-corrected chi connectivity index (χ1v) is 12.7. The molecule has 2 aromatic rings. The molecule has 0 amide bonds. The third kappa shape index (κ3) is 11.9. The van der Waals surface area contributed by atoms with Gasteiger partial charge in [-0.1, -0.05) is 65.2 Å². The lowest BCUT2D eigenvalue weighted by atomic mass is 10.2. The van der Waals surface area contributed by atoms with E-state index in [2.05, 4.69) is 48.7 Å². The normalized spacial score (nSPS) is 10.7. The summed E-state index contributed by atoms with van der Waals surface area (Å²) in [7, 11) is 0. The Morgan fingerprint density at radius 1 is 0.500 bits per heavy atom. The predicted octanol–water partition coefficient (Wildman–Crippen LogP) is 7.91. The van der Waals surface area contributed by atoms with E-state index in [1.165, 1.54) is 51.4 Å². The van der Waals surface area contributed by atoms with Crippen LogP contribution < -0.4 is 20.1 Å². The Hall–Kier alpha value is -2.36. The summed E-state index contributed by atoms with van der Waals surface area (Å²) in [6, 6.07) is 16.5. The molecule has 2 N–H and O–H groups in total. The van der Waals surface area contributed by atoms with Gasteiger partial charge in [-0.15, -0.1) is 0 Å². The molecule has 0 atom stereocenters. The first kappa shape index (κ1) is 25.9. The van der Waals surface area contributed by atoms with Crippen LogP contribution in [-0.4, -0.2) is 26.3 Å². The molecule has 0 saturated carbocycles. The minimum Gasteiger partial charge on any atom is -0.494 e. The Balaban J connectivity index is 1.54. The summed E-state index contributed by atoms with van der Waals surface area (Å²) in [5, 5.41) is 6.90. The molecule has 4 heteroatoms. The monoisotopic (exact) mass is 440 g/mol. The van der Waals surface area contributed by atoms with Crippen LogP contribution >= 0.6 is 0 Å². The number of hydrogen-bond acceptors (Lipinski definition) is 4. The van der Waals surface area contributed by atoms with E-state index in [1.807, 2.05) is 24.3 Å². The minimum absolute atomic E-state index is 0.809. The van der Waals surface area contributed by atoms with E-state index in [0.717, 1.165) is 62.0 Å². The molecular formula is C28H44N2O2. The summed E-state index contributed by atoms with van der Waals surface area (Å²) in [4.78, 5) is 0. The highest BCUT2D eigenvalue weighted by Crippen LogP contribution is 2.18. The fraction of sp³-hybridized carbons (Fsp3) is 0.571. The molecule has 2 rings (SSSR count). The largest absolute Gasteiger partial charge is 0.494 e. The highest BCUT2D eigenvalue weighted by Gasteiger charge is 1.98. The zero-order valence-corrected chi connectivity index (χ0v) is 20.3. The lowest BCUT2D eigenvalue weighted by Crippen LogP contribution is -2.13. The molecular weight excluding hydrogens is 396 g/mol. The Morgan fingerprint density at radius 3 is 1.25 bits per heavy atom. The van der Waals surface area contributed by atoms with Crippen LogP contribution in [0, 0.1) is 0 Å². The summed E-state index contributed by atoms with van der Waals surface area (Å²) in [5.41, 5.74) is 2.23. The Kier molecular flexibility index (Phi) is 13.9. The zero-order valence-electron chi connectivity index (χ0n) is 20.3. The molecule has 2 aromatic carbocycles. The second kappa shape index (κ2) is 17.2. The molecule has 0 heterocycles. The Bertz CT molecular complexity index is 624. The van der Waals surface area contributed by atoms with Crippen LogP contribution in [0.3, 0.4) is 0 Å². The zero-order chi connectivity index (χ0) is 22.7. The molecule has 4 nitrogen and oxygen atoms in total. The topological polar surface area (TPSA) is 42.5 Å². The maximum Gasteiger partial charge on any atom is 0.119 e. The van der Waals surface area contributed by atoms with Crippen molar-refractivity contribution in [2.75, 3.05) is 36.9 Å². The summed E-state index contributed by atoms with van der Waals surface area (Å²) in [5.74, 6) is 1.90. The van der Waals surface area contributed by atoms with Crippen LogP contribution in [0.5, 0.6) is 11.5 Å². The second-order valence-corrected chi connectivity index (χ2v) is 8.43. The summed E-state index contributed by atoms with van der Waals surface area (Å²) in [6.45, 7) is 7.81. The fourth-order valence-corrected chi connectivity index (χ4v) is 3.54. The molecule has 0 radical (unpaired) electrons. The van der Waals surface area contributed by atoms with Gasteiger partial charge >= 0.3 is 0 Å². The van der Waals surface area contributed by atoms with Crippen LogP contribution in [0.4, 0.5) is 11.4 Å². The van der Waals surface area contributed by atoms with E-state index in [-0.39, 0.29) is 0 Å². The van der Waals surface area contributed by atoms with E-state index in [9.17, 15) is 0 Å². The molecule has 0 aliphatic heterocycles. The van der Waals surface area contributed by atoms with Crippen molar-refractivity contribution >= 4 is 11.4 Å². The number of nitrogens with one attached hydrogen (secondary N) is 2. The second-order valence-electron chi connectivity index (χ2n) is 8.43. The van der Waals surface area contributed by atoms with Gasteiger partial charge in [0.05, 0.1) is 13.2 Å². The summed E-state index contributed by atoms with van der Waals surface area (Å²) >= 11 is 0. The number of anilines is 2. The number of unbranched alkanes of at least 4 members (excludes halogenated alkanes) is 8. The van der Waals surface area contributed by atoms with Crippen molar-refractivity contribution in [2.24, 2.45) is 0 Å². The molecule has 0 unspecified atom stereocenters. The van der Waals surface area contributed by atoms with Gasteiger partial charge in [0, 0.05) is 24.5 Å². The molecule has 0 saturated heterocycles. The van der Waals surface area contributed by atoms with Gasteiger partial charge in [0.15, 0.2) is 0 Å². The van der Waals surface area contributed by atoms with Crippen molar-refractivity contribution in [2.45, 2.75) is 78.1 Å². The molecule has 32 heavy (non-hydrogen) atoms. The quantitative estimate of drug-likeness (QED) is 0.218. The third-order valence-electron chi connectivity index (χ3n) is 5.53. The van der Waals surface area contributed by atoms with E-state index >= 15 is 0 Å². The van der Waals surface area contributed by atoms with Crippen LogP contribution in [0.15, 0.2) is 48.5 Å². The lowest BCUT2D eigenvalue weighted by Gasteiger charge is -2.11. The lowest BCUT2D eigenvalue weighted by molar-refractivity contribution is 0.304. The standard InChI is InChI=1S/C28H44N2O2/c1-3-5-7-9-11-23-31-27-17-13-25(14-18-27)29-21-22-30-26-15-19-28(20-16-26)32-24-12-10-8-6-4-2/h13-20,29-30H,3-12,21-24H2,1-2H3. The van der Waals surface area contributed by atoms with Gasteiger partial charge in [-0.3, -0.25) is 0 Å². The van der Waals surface area contributed by atoms with Crippen molar-refractivity contribution in [3.8, 4) is 11.5 Å². The van der Waals surface area contributed by atoms with Crippen molar-refractivity contribution in [3.63, 3.8) is 0 Å². The van der Waals surface area contributed by atoms with E-state index in [4.69, 9.17) is 9.47 Å². The average Bonchev–Trinajstić information content (AvgIpc) is 2.83. The Labute approximate surface area is 196 Å². The molecule has 0 aliphatic rings. The SMILES string of the molecule is CCCCCCCOc1ccc(NCCNc2ccc(OCCCCCCC)cc2)cc1. The maximum absolute atomic E-state index is 5.83. The van der Waals surface area contributed by atoms with Crippen LogP contribution in [-0.2, 0) is 0 Å². The van der Waals surface area contributed by atoms with E-state index < -0.39 is 0 Å². The van der Waals surface area contributed by atoms with Crippen molar-refractivity contribution in [1.82, 2.24) is 0 Å². The molecule has 178 valence electrons. The molecule has 0 fully saturated rings. The van der Waals surface area contributed by atoms with Gasteiger partial charge in [0.1, 0.15) is 11.5 Å². The summed E-state index contributed by atoms with van der Waals surface area (Å²) < 4.78 is 11.7. The first-order chi connectivity index (χ1) is 15.8. The van der Waals surface area contributed by atoms with E-state index in [0.29, 0.717) is 0 Å². The minimum atomic E-state index is 0.809. The van der Waals surface area contributed by atoms with Gasteiger partial charge in [0.25, 0.3) is 0 Å². The van der Waals surface area contributed by atoms with Gasteiger partial charge in [-0.05, 0) is 61.4 Å². The van der Waals surface area contributed by atoms with Gasteiger partial charge in [-0.2, -0.15) is 0 Å². The first-order valence-electron chi connectivity index (χ1n) is 12.7. The van der Waals surface area contributed by atoms with Gasteiger partial charge in [-0.25, -0.2) is 0 Å². The third-order valence-corrected chi connectivity index (χ3v) is 5.53. The molecule has 0 aliphatic carbocycles. The highest BCUT2D eigenvalue weighted by molar-refractivity contribution is 5.48. The average molecular weight is 441 g/mol. The van der Waals surface area contributed by atoms with Gasteiger partial charge < -0.3 is 20.1 Å². The van der Waals surface area contributed by atoms with Gasteiger partial charge in [0.2, 0.25) is 0 Å². The molecule has 0 spiro atoms.